The van der Waals surface area contributed by atoms with E-state index in [1.54, 1.807) is 0 Å². The summed E-state index contributed by atoms with van der Waals surface area (Å²) in [7, 11) is 0. The molecule has 0 heterocycles. The van der Waals surface area contributed by atoms with Gasteiger partial charge in [-0.1, -0.05) is 100 Å². The van der Waals surface area contributed by atoms with Crippen LogP contribution in [0.3, 0.4) is 0 Å². The Hall–Kier alpha value is 2.07. The summed E-state index contributed by atoms with van der Waals surface area (Å²) < 4.78 is -0.942. The highest BCUT2D eigenvalue weighted by Crippen LogP contribution is 2.44. The number of halogens is 3. The van der Waals surface area contributed by atoms with Crippen LogP contribution in [0.15, 0.2) is 0 Å². The third-order valence-corrected chi connectivity index (χ3v) is 9.04. The predicted molar refractivity (Wildman–Crippen MR) is 86.7 cm³/mol. The highest BCUT2D eigenvalue weighted by atomic mass is 127. The maximum absolute atomic E-state index is 9.21. The van der Waals surface area contributed by atoms with E-state index in [0.29, 0.717) is 0 Å². The second-order valence-electron chi connectivity index (χ2n) is 3.58. The largest absolute Gasteiger partial charge is 0.342 e. The highest BCUT2D eigenvalue weighted by Gasteiger charge is 2.49. The molecule has 0 aliphatic rings. The van der Waals surface area contributed by atoms with E-state index in [4.69, 9.17) is 0 Å². The van der Waals surface area contributed by atoms with Crippen LogP contribution in [0.4, 0.5) is 0 Å². The summed E-state index contributed by atoms with van der Waals surface area (Å²) in [4.78, 5) is 0. The Bertz CT molecular complexity index is 180. The van der Waals surface area contributed by atoms with Gasteiger partial charge in [0.05, 0.1) is 0 Å². The van der Waals surface area contributed by atoms with E-state index in [2.05, 4.69) is 29.5 Å². The van der Waals surface area contributed by atoms with Crippen molar-refractivity contribution in [1.82, 2.24) is 0 Å². The Kier molecular flexibility index (Phi) is 8.53. The number of aliphatic hydroxyl groups is 3. The van der Waals surface area contributed by atoms with Crippen molar-refractivity contribution in [3.63, 3.8) is 0 Å². The lowest BCUT2D eigenvalue weighted by atomic mass is 10.1. The fourth-order valence-electron chi connectivity index (χ4n) is 1.14. The minimum absolute atomic E-state index is 0.0214. The monoisotopic (exact) mass is 554 g/mol. The average Bonchev–Trinajstić information content (AvgIpc) is 2.10. The normalized spacial score (nSPS) is 15.4. The van der Waals surface area contributed by atoms with Gasteiger partial charge < -0.3 is 15.3 Å². The van der Waals surface area contributed by atoms with E-state index in [0.717, 1.165) is 19.3 Å². The fourth-order valence-corrected chi connectivity index (χ4v) is 2.62. The van der Waals surface area contributed by atoms with Gasteiger partial charge in [-0.05, 0) is 6.42 Å². The summed E-state index contributed by atoms with van der Waals surface area (Å²) in [5.41, 5.74) is 0. The molecule has 1 unspecified atom stereocenters. The standard InChI is InChI=1S/C9H17I3O3/c1-2-3-4-5-6-7(10)8(11,12)9(13,14)15/h7,13-15H,2-6H2,1H3. The smallest absolute Gasteiger partial charge is 0.301 e. The van der Waals surface area contributed by atoms with Crippen molar-refractivity contribution in [2.75, 3.05) is 0 Å². The van der Waals surface area contributed by atoms with Crippen LogP contribution < -0.4 is 0 Å². The maximum atomic E-state index is 9.21. The molecule has 92 valence electrons. The molecule has 0 saturated carbocycles. The topological polar surface area (TPSA) is 60.7 Å². The molecule has 0 aromatic carbocycles. The van der Waals surface area contributed by atoms with Crippen LogP contribution in [0.5, 0.6) is 0 Å². The molecule has 0 bridgehead atoms. The Morgan fingerprint density at radius 1 is 1.07 bits per heavy atom. The Labute approximate surface area is 132 Å². The molecule has 15 heavy (non-hydrogen) atoms. The van der Waals surface area contributed by atoms with Crippen molar-refractivity contribution >= 4 is 67.8 Å². The van der Waals surface area contributed by atoms with E-state index in [1.165, 1.54) is 12.8 Å². The molecule has 3 N–H and O–H groups in total. The molecule has 0 saturated heterocycles. The summed E-state index contributed by atoms with van der Waals surface area (Å²) in [6.07, 6.45) is 5.51. The number of unbranched alkanes of at least 4 members (excludes halogenated alkanes) is 3. The average molecular weight is 554 g/mol. The maximum Gasteiger partial charge on any atom is 0.301 e. The number of alkyl halides is 3. The Morgan fingerprint density at radius 2 is 1.60 bits per heavy atom. The number of rotatable bonds is 7. The zero-order chi connectivity index (χ0) is 12.1. The van der Waals surface area contributed by atoms with Crippen LogP contribution in [0.25, 0.3) is 0 Å². The summed E-state index contributed by atoms with van der Waals surface area (Å²) in [6, 6.07) is 0. The van der Waals surface area contributed by atoms with Crippen molar-refractivity contribution in [2.24, 2.45) is 0 Å². The first-order valence-corrected chi connectivity index (χ1v) is 8.32. The molecule has 0 aromatic heterocycles. The zero-order valence-electron chi connectivity index (χ0n) is 8.59. The third-order valence-electron chi connectivity index (χ3n) is 2.15. The molecule has 1 atom stereocenters. The zero-order valence-corrected chi connectivity index (χ0v) is 15.1. The first-order valence-electron chi connectivity index (χ1n) is 4.92. The van der Waals surface area contributed by atoms with Crippen LogP contribution in [0, 0.1) is 0 Å². The summed E-state index contributed by atoms with van der Waals surface area (Å²) in [5, 5.41) is 27.6. The van der Waals surface area contributed by atoms with Crippen molar-refractivity contribution < 1.29 is 15.3 Å². The predicted octanol–water partition coefficient (Wildman–Crippen LogP) is 2.96. The molecule has 0 aromatic rings. The van der Waals surface area contributed by atoms with Crippen molar-refractivity contribution in [3.8, 4) is 0 Å². The number of hydrogen-bond acceptors (Lipinski definition) is 3. The molecule has 3 nitrogen and oxygen atoms in total. The van der Waals surface area contributed by atoms with E-state index in [9.17, 15) is 15.3 Å². The van der Waals surface area contributed by atoms with Crippen LogP contribution in [-0.2, 0) is 0 Å². The van der Waals surface area contributed by atoms with E-state index in [-0.39, 0.29) is 3.92 Å². The van der Waals surface area contributed by atoms with Gasteiger partial charge in [0, 0.05) is 3.92 Å². The second kappa shape index (κ2) is 7.49. The molecule has 0 radical (unpaired) electrons. The van der Waals surface area contributed by atoms with E-state index < -0.39 is 7.40 Å². The second-order valence-corrected chi connectivity index (χ2v) is 10.5. The molecule has 0 amide bonds. The fraction of sp³-hybridized carbons (Fsp3) is 1.00. The molecule has 0 spiro atoms. The quantitative estimate of drug-likeness (QED) is 0.197. The molecule has 0 fully saturated rings. The van der Waals surface area contributed by atoms with Gasteiger partial charge in [-0.2, -0.15) is 0 Å². The van der Waals surface area contributed by atoms with Crippen LogP contribution in [-0.4, -0.2) is 26.6 Å². The summed E-state index contributed by atoms with van der Waals surface area (Å²) >= 11 is 5.96. The van der Waals surface area contributed by atoms with Crippen LogP contribution in [0.2, 0.25) is 0 Å². The first kappa shape index (κ1) is 17.1. The van der Waals surface area contributed by atoms with E-state index >= 15 is 0 Å². The molecule has 6 heteroatoms. The molecule has 0 aliphatic carbocycles. The van der Waals surface area contributed by atoms with Crippen molar-refractivity contribution in [2.45, 2.75) is 50.4 Å². The van der Waals surface area contributed by atoms with Crippen molar-refractivity contribution in [3.05, 3.63) is 0 Å². The minimum atomic E-state index is -2.62. The molecular weight excluding hydrogens is 537 g/mol. The lowest BCUT2D eigenvalue weighted by molar-refractivity contribution is -0.309. The number of hydrogen-bond donors (Lipinski definition) is 3. The third kappa shape index (κ3) is 5.98. The molecule has 0 aliphatic heterocycles. The van der Waals surface area contributed by atoms with E-state index in [1.807, 2.05) is 45.2 Å². The van der Waals surface area contributed by atoms with Gasteiger partial charge in [-0.25, -0.2) is 0 Å². The van der Waals surface area contributed by atoms with Gasteiger partial charge >= 0.3 is 5.97 Å². The van der Waals surface area contributed by atoms with Crippen LogP contribution in [0.1, 0.15) is 39.0 Å². The van der Waals surface area contributed by atoms with Gasteiger partial charge in [0.2, 0.25) is 0 Å². The SMILES string of the molecule is CCCCCCC(I)C(I)(I)C(O)(O)O. The lowest BCUT2D eigenvalue weighted by Crippen LogP contribution is -2.50. The van der Waals surface area contributed by atoms with Crippen LogP contribution >= 0.6 is 67.8 Å². The lowest BCUT2D eigenvalue weighted by Gasteiger charge is -2.33. The molecular formula is C9H17I3O3. The van der Waals surface area contributed by atoms with Gasteiger partial charge in [-0.3, -0.25) is 0 Å². The summed E-state index contributed by atoms with van der Waals surface area (Å²) in [5.74, 6) is -2.62. The minimum Gasteiger partial charge on any atom is -0.342 e. The first-order chi connectivity index (χ1) is 6.73. The Balaban J connectivity index is 4.03. The van der Waals surface area contributed by atoms with Gasteiger partial charge in [0.1, 0.15) is 0 Å². The summed E-state index contributed by atoms with van der Waals surface area (Å²) in [6.45, 7) is 2.16. The van der Waals surface area contributed by atoms with Crippen molar-refractivity contribution in [1.29, 1.82) is 0 Å². The van der Waals surface area contributed by atoms with Gasteiger partial charge in [0.25, 0.3) is 0 Å². The molecule has 0 rings (SSSR count). The van der Waals surface area contributed by atoms with Gasteiger partial charge in [-0.15, -0.1) is 0 Å². The Morgan fingerprint density at radius 3 is 2.00 bits per heavy atom. The highest BCUT2D eigenvalue weighted by molar-refractivity contribution is 14.2. The van der Waals surface area contributed by atoms with Gasteiger partial charge in [0.15, 0.2) is 1.43 Å².